The first-order valence-corrected chi connectivity index (χ1v) is 23.9. The molecule has 1 aromatic heterocycles. The van der Waals surface area contributed by atoms with Crippen LogP contribution in [0.15, 0.2) is 77.7 Å². The van der Waals surface area contributed by atoms with Crippen molar-refractivity contribution >= 4 is 50.0 Å². The average Bonchev–Trinajstić information content (AvgIpc) is 3.98. The van der Waals surface area contributed by atoms with Crippen molar-refractivity contribution in [1.29, 1.82) is 0 Å². The van der Waals surface area contributed by atoms with Gasteiger partial charge >= 0.3 is 12.1 Å². The standard InChI is InChI=1S/C47H58N4O11S2/c1-28(2)25-51(64(57,58)33-16-14-32(59-5)15-17-33)26-38(52)37(49-46(56)62-39-27-61-45-35(39)19-21-60-45)22-29-10-12-31(13-11-29)48-24-30-8-6-7-9-34(30)42(53)50-43-41(44(54)55)36-23-47(3,4)20-18-40(36)63-43/h6-17,28,35,37-39,45,48,52H,18-27H2,1-5H3,(H,49,56)(H,50,53)(H,54,55)/t35-,37-,38+,39-,45+/m0/s1. The molecule has 4 aromatic rings. The molecule has 3 heterocycles. The molecule has 0 saturated carbocycles. The van der Waals surface area contributed by atoms with Crippen LogP contribution in [0.4, 0.5) is 15.5 Å². The molecule has 1 aliphatic carbocycles. The number of carboxylic acid groups (broad SMARTS) is 1. The molecule has 3 aromatic carbocycles. The van der Waals surface area contributed by atoms with Crippen LogP contribution in [0.5, 0.6) is 5.75 Å². The molecule has 5 N–H and O–H groups in total. The van der Waals surface area contributed by atoms with Crippen molar-refractivity contribution in [3.05, 3.63) is 105 Å². The van der Waals surface area contributed by atoms with Gasteiger partial charge in [0.25, 0.3) is 5.91 Å². The Balaban J connectivity index is 1.04. The zero-order chi connectivity index (χ0) is 45.8. The predicted molar refractivity (Wildman–Crippen MR) is 243 cm³/mol. The number of amides is 2. The zero-order valence-electron chi connectivity index (χ0n) is 36.8. The SMILES string of the molecule is COc1ccc(S(=O)(=O)N(CC(C)C)C[C@@H](O)[C@H](Cc2ccc(NCc3ccccc3C(=O)Nc3sc4c(c3C(=O)O)CC(C)(C)CC4)cc2)NC(=O)O[C@H]2CO[C@H]3OCC[C@H]32)cc1. The minimum absolute atomic E-state index is 0.0240. The molecule has 17 heteroatoms. The number of aryl methyl sites for hydroxylation is 1. The molecule has 5 atom stereocenters. The molecule has 2 fully saturated rings. The van der Waals surface area contributed by atoms with Crippen LogP contribution in [-0.2, 0) is 50.0 Å². The Bertz CT molecular complexity index is 2400. The van der Waals surface area contributed by atoms with Crippen molar-refractivity contribution in [2.45, 2.75) is 95.8 Å². The molecule has 15 nitrogen and oxygen atoms in total. The average molecular weight is 919 g/mol. The summed E-state index contributed by atoms with van der Waals surface area (Å²) in [6, 6.07) is 19.6. The number of carboxylic acids is 1. The zero-order valence-corrected chi connectivity index (χ0v) is 38.4. The van der Waals surface area contributed by atoms with E-state index in [1.807, 2.05) is 50.2 Å². The molecule has 0 spiro atoms. The summed E-state index contributed by atoms with van der Waals surface area (Å²) in [5, 5.41) is 31.4. The summed E-state index contributed by atoms with van der Waals surface area (Å²) in [6.07, 6.45) is 0.102. The number of carbonyl (C=O) groups excluding carboxylic acids is 2. The second-order valence-corrected chi connectivity index (χ2v) is 20.9. The van der Waals surface area contributed by atoms with Crippen LogP contribution in [0, 0.1) is 17.3 Å². The van der Waals surface area contributed by atoms with Crippen LogP contribution < -0.4 is 20.7 Å². The number of ether oxygens (including phenoxy) is 4. The number of alkyl carbamates (subject to hydrolysis) is 1. The van der Waals surface area contributed by atoms with Gasteiger partial charge in [-0.1, -0.05) is 58.0 Å². The van der Waals surface area contributed by atoms with E-state index in [-0.39, 0.29) is 60.4 Å². The van der Waals surface area contributed by atoms with Crippen molar-refractivity contribution in [2.24, 2.45) is 17.3 Å². The fourth-order valence-corrected chi connectivity index (χ4v) is 11.4. The van der Waals surface area contributed by atoms with Gasteiger partial charge in [-0.2, -0.15) is 4.31 Å². The van der Waals surface area contributed by atoms with Gasteiger partial charge in [0.1, 0.15) is 16.9 Å². The van der Waals surface area contributed by atoms with Gasteiger partial charge < -0.3 is 45.1 Å². The fourth-order valence-electron chi connectivity index (χ4n) is 8.57. The van der Waals surface area contributed by atoms with Crippen LogP contribution in [-0.4, -0.2) is 98.9 Å². The molecule has 64 heavy (non-hydrogen) atoms. The van der Waals surface area contributed by atoms with Crippen LogP contribution in [0.2, 0.25) is 0 Å². The summed E-state index contributed by atoms with van der Waals surface area (Å²) >= 11 is 1.34. The quantitative estimate of drug-likeness (QED) is 0.0690. The van der Waals surface area contributed by atoms with Crippen molar-refractivity contribution in [2.75, 3.05) is 44.0 Å². The highest BCUT2D eigenvalue weighted by molar-refractivity contribution is 7.89. The number of methoxy groups -OCH3 is 1. The van der Waals surface area contributed by atoms with E-state index in [2.05, 4.69) is 29.8 Å². The normalized spacial score (nSPS) is 20.0. The number of nitrogens with one attached hydrogen (secondary N) is 3. The highest BCUT2D eigenvalue weighted by Gasteiger charge is 2.44. The van der Waals surface area contributed by atoms with E-state index in [1.165, 1.54) is 34.9 Å². The maximum atomic E-state index is 14.0. The lowest BCUT2D eigenvalue weighted by Gasteiger charge is -2.31. The van der Waals surface area contributed by atoms with Crippen LogP contribution in [0.25, 0.3) is 0 Å². The number of sulfonamides is 1. The molecule has 2 aliphatic heterocycles. The molecule has 7 rings (SSSR count). The number of thiophene rings is 1. The number of nitrogens with zero attached hydrogens (tertiary/aromatic N) is 1. The first-order valence-electron chi connectivity index (χ1n) is 21.6. The van der Waals surface area contributed by atoms with E-state index in [4.69, 9.17) is 18.9 Å². The minimum Gasteiger partial charge on any atom is -0.497 e. The second kappa shape index (κ2) is 20.0. The highest BCUT2D eigenvalue weighted by Crippen LogP contribution is 2.44. The van der Waals surface area contributed by atoms with Crippen LogP contribution in [0.3, 0.4) is 0 Å². The summed E-state index contributed by atoms with van der Waals surface area (Å²) in [5.41, 5.74) is 3.54. The van der Waals surface area contributed by atoms with Crippen molar-refractivity contribution in [3.63, 3.8) is 0 Å². The molecular formula is C47H58N4O11S2. The monoisotopic (exact) mass is 918 g/mol. The van der Waals surface area contributed by atoms with Crippen molar-refractivity contribution in [1.82, 2.24) is 9.62 Å². The molecule has 0 radical (unpaired) electrons. The summed E-state index contributed by atoms with van der Waals surface area (Å²) < 4.78 is 51.4. The maximum Gasteiger partial charge on any atom is 0.407 e. The lowest BCUT2D eigenvalue weighted by molar-refractivity contribution is -0.0907. The molecule has 0 bridgehead atoms. The van der Waals surface area contributed by atoms with E-state index >= 15 is 0 Å². The molecular weight excluding hydrogens is 861 g/mol. The largest absolute Gasteiger partial charge is 0.497 e. The molecule has 3 aliphatic rings. The summed E-state index contributed by atoms with van der Waals surface area (Å²) in [7, 11) is -2.57. The topological polar surface area (TPSA) is 202 Å². The summed E-state index contributed by atoms with van der Waals surface area (Å²) in [4.78, 5) is 40.6. The molecule has 2 saturated heterocycles. The third kappa shape index (κ3) is 11.1. The van der Waals surface area contributed by atoms with Gasteiger partial charge in [-0.05, 0) is 103 Å². The van der Waals surface area contributed by atoms with Gasteiger partial charge in [0.15, 0.2) is 6.29 Å². The van der Waals surface area contributed by atoms with Gasteiger partial charge in [-0.15, -0.1) is 11.3 Å². The number of rotatable bonds is 18. The highest BCUT2D eigenvalue weighted by atomic mass is 32.2. The van der Waals surface area contributed by atoms with E-state index in [0.717, 1.165) is 34.5 Å². The van der Waals surface area contributed by atoms with Crippen LogP contribution >= 0.6 is 11.3 Å². The fraction of sp³-hybridized carbons (Fsp3) is 0.468. The van der Waals surface area contributed by atoms with Gasteiger partial charge in [-0.3, -0.25) is 4.79 Å². The van der Waals surface area contributed by atoms with Gasteiger partial charge in [0.05, 0.1) is 48.8 Å². The first-order chi connectivity index (χ1) is 30.5. The Hall–Kier alpha value is -5.04. The number of benzene rings is 3. The Labute approximate surface area is 378 Å². The van der Waals surface area contributed by atoms with E-state index in [9.17, 15) is 33.0 Å². The number of hydrogen-bond donors (Lipinski definition) is 5. The lowest BCUT2D eigenvalue weighted by atomic mass is 9.76. The third-order valence-electron chi connectivity index (χ3n) is 12.0. The van der Waals surface area contributed by atoms with Crippen molar-refractivity contribution in [3.8, 4) is 5.75 Å². The third-order valence-corrected chi connectivity index (χ3v) is 15.1. The molecule has 344 valence electrons. The second-order valence-electron chi connectivity index (χ2n) is 17.9. The Morgan fingerprint density at radius 1 is 1.00 bits per heavy atom. The lowest BCUT2D eigenvalue weighted by Crippen LogP contribution is -2.51. The Kier molecular flexibility index (Phi) is 14.7. The van der Waals surface area contributed by atoms with E-state index in [1.54, 1.807) is 24.3 Å². The van der Waals surface area contributed by atoms with Gasteiger partial charge in [-0.25, -0.2) is 18.0 Å². The smallest absolute Gasteiger partial charge is 0.407 e. The first kappa shape index (κ1) is 46.9. The minimum atomic E-state index is -4.06. The Morgan fingerprint density at radius 2 is 1.73 bits per heavy atom. The number of anilines is 2. The number of fused-ring (bicyclic) bond motifs is 2. The van der Waals surface area contributed by atoms with E-state index in [0.29, 0.717) is 41.3 Å². The summed E-state index contributed by atoms with van der Waals surface area (Å²) in [6.45, 7) is 8.81. The number of carbonyl (C=O) groups is 3. The van der Waals surface area contributed by atoms with Gasteiger partial charge in [0, 0.05) is 35.8 Å². The van der Waals surface area contributed by atoms with Crippen molar-refractivity contribution < 1.29 is 52.0 Å². The number of hydrogen-bond acceptors (Lipinski definition) is 12. The summed E-state index contributed by atoms with van der Waals surface area (Å²) in [5.74, 6) is -1.13. The maximum absolute atomic E-state index is 14.0. The molecule has 0 unspecified atom stereocenters. The van der Waals surface area contributed by atoms with E-state index < -0.39 is 52.5 Å². The van der Waals surface area contributed by atoms with Crippen LogP contribution in [0.1, 0.15) is 82.8 Å². The number of aliphatic hydroxyl groups excluding tert-OH is 1. The Morgan fingerprint density at radius 3 is 2.44 bits per heavy atom. The number of aliphatic hydroxyl groups is 1. The van der Waals surface area contributed by atoms with Gasteiger partial charge in [0.2, 0.25) is 10.0 Å². The number of aromatic carboxylic acids is 1. The predicted octanol–water partition coefficient (Wildman–Crippen LogP) is 6.94. The molecule has 2 amide bonds.